The Morgan fingerprint density at radius 2 is 1.96 bits per heavy atom. The van der Waals surface area contributed by atoms with Crippen molar-refractivity contribution in [3.8, 4) is 0 Å². The highest BCUT2D eigenvalue weighted by atomic mass is 32.2. The lowest BCUT2D eigenvalue weighted by atomic mass is 9.96. The van der Waals surface area contributed by atoms with Gasteiger partial charge in [-0.2, -0.15) is 17.5 Å². The van der Waals surface area contributed by atoms with Crippen molar-refractivity contribution in [1.29, 1.82) is 0 Å². The lowest BCUT2D eigenvalue weighted by Gasteiger charge is -2.41. The molecule has 0 aromatic carbocycles. The van der Waals surface area contributed by atoms with Crippen LogP contribution >= 0.6 is 11.3 Å². The molecule has 11 heteroatoms. The second-order valence-corrected chi connectivity index (χ2v) is 8.42. The normalized spacial score (nSPS) is 25.2. The van der Waals surface area contributed by atoms with Crippen molar-refractivity contribution in [3.05, 3.63) is 17.5 Å². The highest BCUT2D eigenvalue weighted by Gasteiger charge is 2.50. The summed E-state index contributed by atoms with van der Waals surface area (Å²) in [5.41, 5.74) is 0. The molecule has 1 N–H and O–H groups in total. The number of fused-ring (bicyclic) bond motifs is 1. The molecule has 2 saturated heterocycles. The summed E-state index contributed by atoms with van der Waals surface area (Å²) in [6.45, 7) is 2.59. The van der Waals surface area contributed by atoms with E-state index in [0.29, 0.717) is 16.7 Å². The minimum atomic E-state index is -5.08. The number of carboxylic acid groups (broad SMARTS) is 1. The molecule has 0 spiro atoms. The van der Waals surface area contributed by atoms with Gasteiger partial charge >= 0.3 is 12.1 Å². The van der Waals surface area contributed by atoms with Gasteiger partial charge in [0, 0.05) is 31.6 Å². The van der Waals surface area contributed by atoms with Gasteiger partial charge in [-0.25, -0.2) is 13.2 Å². The summed E-state index contributed by atoms with van der Waals surface area (Å²) in [6, 6.07) is 3.68. The highest BCUT2D eigenvalue weighted by molar-refractivity contribution is 7.91. The number of aliphatic carboxylic acids is 1. The van der Waals surface area contributed by atoms with Crippen molar-refractivity contribution in [2.45, 2.75) is 16.4 Å². The Morgan fingerprint density at radius 1 is 1.35 bits per heavy atom. The first-order valence-corrected chi connectivity index (χ1v) is 8.89. The maximum Gasteiger partial charge on any atom is 0.490 e. The topological polar surface area (TPSA) is 77.9 Å². The summed E-state index contributed by atoms with van der Waals surface area (Å²) in [6.07, 6.45) is -5.08. The first-order chi connectivity index (χ1) is 10.5. The third-order valence-corrected chi connectivity index (χ3v) is 6.94. The predicted molar refractivity (Wildman–Crippen MR) is 76.7 cm³/mol. The minimum absolute atomic E-state index is 0.206. The number of alkyl halides is 3. The zero-order chi connectivity index (χ0) is 17.4. The number of thiophene rings is 1. The van der Waals surface area contributed by atoms with E-state index in [1.165, 1.54) is 11.3 Å². The maximum atomic E-state index is 12.2. The van der Waals surface area contributed by atoms with E-state index in [1.54, 1.807) is 16.4 Å². The monoisotopic (exact) mass is 372 g/mol. The Morgan fingerprint density at radius 3 is 2.39 bits per heavy atom. The van der Waals surface area contributed by atoms with Gasteiger partial charge in [0.1, 0.15) is 4.21 Å². The smallest absolute Gasteiger partial charge is 0.475 e. The van der Waals surface area contributed by atoms with E-state index in [-0.39, 0.29) is 6.04 Å². The van der Waals surface area contributed by atoms with Crippen LogP contribution in [0.15, 0.2) is 21.7 Å². The van der Waals surface area contributed by atoms with Crippen molar-refractivity contribution in [3.63, 3.8) is 0 Å². The van der Waals surface area contributed by atoms with Gasteiger partial charge in [0.2, 0.25) is 0 Å². The van der Waals surface area contributed by atoms with Crippen LogP contribution in [0.2, 0.25) is 0 Å². The van der Waals surface area contributed by atoms with Crippen LogP contribution in [0.5, 0.6) is 0 Å². The molecule has 2 atom stereocenters. The van der Waals surface area contributed by atoms with Gasteiger partial charge in [-0.1, -0.05) is 6.07 Å². The van der Waals surface area contributed by atoms with E-state index < -0.39 is 22.2 Å². The summed E-state index contributed by atoms with van der Waals surface area (Å²) in [5.74, 6) is -2.22. The number of carbonyl (C=O) groups is 1. The Labute approximate surface area is 135 Å². The maximum absolute atomic E-state index is 12.2. The van der Waals surface area contributed by atoms with Crippen LogP contribution in [0, 0.1) is 5.92 Å². The fourth-order valence-corrected chi connectivity index (χ4v) is 5.45. The number of rotatable bonds is 2. The average molecular weight is 372 g/mol. The highest BCUT2D eigenvalue weighted by Crippen LogP contribution is 2.37. The van der Waals surface area contributed by atoms with Gasteiger partial charge in [0.05, 0.1) is 0 Å². The molecular weight excluding hydrogens is 357 g/mol. The lowest BCUT2D eigenvalue weighted by molar-refractivity contribution is -0.192. The number of halogens is 3. The van der Waals surface area contributed by atoms with Gasteiger partial charge in [0.15, 0.2) is 0 Å². The van der Waals surface area contributed by atoms with Crippen molar-refractivity contribution in [2.24, 2.45) is 5.92 Å². The molecule has 0 radical (unpaired) electrons. The Bertz CT molecular complexity index is 660. The molecule has 0 amide bonds. The van der Waals surface area contributed by atoms with Crippen LogP contribution in [0.1, 0.15) is 0 Å². The molecule has 2 fully saturated rings. The lowest BCUT2D eigenvalue weighted by Crippen LogP contribution is -2.57. The van der Waals surface area contributed by atoms with Gasteiger partial charge in [-0.3, -0.25) is 0 Å². The number of carboxylic acids is 1. The summed E-state index contributed by atoms with van der Waals surface area (Å²) >= 11 is 1.30. The molecule has 6 nitrogen and oxygen atoms in total. The molecule has 3 heterocycles. The Hall–Kier alpha value is -1.17. The molecule has 2 aliphatic heterocycles. The van der Waals surface area contributed by atoms with E-state index in [0.717, 1.165) is 13.1 Å². The number of nitrogens with zero attached hydrogens (tertiary/aromatic N) is 2. The standard InChI is InChI=1S/C10H14N2O2S2.C2HF3O2/c1-11-5-8-6-12(9(8)7-11)16(13,14)10-3-2-4-15-10;3-2(4,5)1(6)7/h2-4,8-9H,5-7H2,1H3;(H,6,7)/t8-,9-;/m0./s1. The molecule has 3 rings (SSSR count). The minimum Gasteiger partial charge on any atom is -0.475 e. The molecule has 23 heavy (non-hydrogen) atoms. The quantitative estimate of drug-likeness (QED) is 0.847. The van der Waals surface area contributed by atoms with E-state index in [2.05, 4.69) is 4.90 Å². The largest absolute Gasteiger partial charge is 0.490 e. The van der Waals surface area contributed by atoms with Gasteiger partial charge in [-0.15, -0.1) is 11.3 Å². The zero-order valence-electron chi connectivity index (χ0n) is 12.0. The second kappa shape index (κ2) is 6.38. The summed E-state index contributed by atoms with van der Waals surface area (Å²) in [7, 11) is -1.16. The zero-order valence-corrected chi connectivity index (χ0v) is 13.7. The summed E-state index contributed by atoms with van der Waals surface area (Å²) < 4.78 is 58.4. The van der Waals surface area contributed by atoms with Crippen LogP contribution in [0.25, 0.3) is 0 Å². The number of hydrogen-bond donors (Lipinski definition) is 1. The Balaban J connectivity index is 0.000000236. The molecule has 0 unspecified atom stereocenters. The number of sulfonamides is 1. The number of likely N-dealkylation sites (N-methyl/N-ethyl adjacent to an activating group) is 1. The van der Waals surface area contributed by atoms with Crippen molar-refractivity contribution in [2.75, 3.05) is 26.7 Å². The molecule has 0 aliphatic carbocycles. The van der Waals surface area contributed by atoms with Crippen LogP contribution < -0.4 is 0 Å². The third kappa shape index (κ3) is 3.84. The van der Waals surface area contributed by atoms with Crippen molar-refractivity contribution >= 4 is 27.3 Å². The Kier molecular flexibility index (Phi) is 5.04. The van der Waals surface area contributed by atoms with Gasteiger partial charge in [-0.05, 0) is 18.5 Å². The molecule has 130 valence electrons. The number of likely N-dealkylation sites (tertiary alicyclic amines) is 1. The first-order valence-electron chi connectivity index (χ1n) is 6.57. The van der Waals surface area contributed by atoms with Crippen molar-refractivity contribution < 1.29 is 31.5 Å². The molecule has 0 saturated carbocycles. The van der Waals surface area contributed by atoms with E-state index in [1.807, 2.05) is 12.4 Å². The molecular formula is C12H15F3N2O4S2. The molecule has 1 aromatic heterocycles. The second-order valence-electron chi connectivity index (χ2n) is 5.36. The predicted octanol–water partition coefficient (Wildman–Crippen LogP) is 1.32. The van der Waals surface area contributed by atoms with Gasteiger partial charge < -0.3 is 10.0 Å². The fraction of sp³-hybridized carbons (Fsp3) is 0.583. The number of hydrogen-bond acceptors (Lipinski definition) is 5. The van der Waals surface area contributed by atoms with Crippen LogP contribution in [-0.2, 0) is 14.8 Å². The summed E-state index contributed by atoms with van der Waals surface area (Å²) in [5, 5.41) is 8.94. The van der Waals surface area contributed by atoms with Crippen LogP contribution in [0.3, 0.4) is 0 Å². The third-order valence-electron chi connectivity index (χ3n) is 3.67. The van der Waals surface area contributed by atoms with Crippen molar-refractivity contribution in [1.82, 2.24) is 9.21 Å². The molecule has 1 aromatic rings. The van der Waals surface area contributed by atoms with E-state index in [4.69, 9.17) is 9.90 Å². The fourth-order valence-electron chi connectivity index (χ4n) is 2.60. The van der Waals surface area contributed by atoms with Gasteiger partial charge in [0.25, 0.3) is 10.0 Å². The molecule has 0 bridgehead atoms. The van der Waals surface area contributed by atoms with E-state index in [9.17, 15) is 21.6 Å². The SMILES string of the molecule is CN1C[C@H]2CN(S(=O)(=O)c3cccs3)[C@H]2C1.O=C(O)C(F)(F)F. The van der Waals surface area contributed by atoms with Crippen LogP contribution in [0.4, 0.5) is 13.2 Å². The molecule has 2 aliphatic rings. The first kappa shape index (κ1) is 18.2. The van der Waals surface area contributed by atoms with Crippen LogP contribution in [-0.4, -0.2) is 67.6 Å². The average Bonchev–Trinajstić information content (AvgIpc) is 3.01. The van der Waals surface area contributed by atoms with E-state index >= 15 is 0 Å². The summed E-state index contributed by atoms with van der Waals surface area (Å²) in [4.78, 5) is 11.1.